The first-order valence-electron chi connectivity index (χ1n) is 5.57. The molecule has 6 heteroatoms. The number of nitrogens with one attached hydrogen (secondary N) is 1. The molecule has 1 unspecified atom stereocenters. The second-order valence-corrected chi connectivity index (χ2v) is 4.96. The largest absolute Gasteiger partial charge is 0.358 e. The predicted octanol–water partition coefficient (Wildman–Crippen LogP) is 1.13. The fraction of sp³-hybridized carbons (Fsp3) is 0.700. The van der Waals surface area contributed by atoms with Gasteiger partial charge in [-0.15, -0.1) is 10.2 Å². The number of rotatable bonds is 3. The molecule has 0 aromatic carbocycles. The predicted molar refractivity (Wildman–Crippen MR) is 66.5 cm³/mol. The van der Waals surface area contributed by atoms with Crippen LogP contribution in [0.1, 0.15) is 19.7 Å². The third-order valence-electron chi connectivity index (χ3n) is 2.49. The first-order valence-corrected chi connectivity index (χ1v) is 6.56. The van der Waals surface area contributed by atoms with Gasteiger partial charge in [0.2, 0.25) is 0 Å². The van der Waals surface area contributed by atoms with Gasteiger partial charge >= 0.3 is 0 Å². The summed E-state index contributed by atoms with van der Waals surface area (Å²) in [5, 5.41) is 12.3. The number of thioether (sulfide) groups is 1. The third kappa shape index (κ3) is 2.75. The zero-order chi connectivity index (χ0) is 11.4. The molecule has 2 rings (SSSR count). The second-order valence-electron chi connectivity index (χ2n) is 3.95. The van der Waals surface area contributed by atoms with Gasteiger partial charge in [-0.05, 0) is 12.8 Å². The van der Waals surface area contributed by atoms with Crippen molar-refractivity contribution in [3.63, 3.8) is 0 Å². The Morgan fingerprint density at radius 2 is 2.50 bits per heavy atom. The van der Waals surface area contributed by atoms with Crippen molar-refractivity contribution in [2.24, 2.45) is 10.9 Å². The van der Waals surface area contributed by atoms with Crippen LogP contribution in [0.4, 0.5) is 0 Å². The molecular formula is C10H17N5S. The third-order valence-corrected chi connectivity index (χ3v) is 3.77. The van der Waals surface area contributed by atoms with Gasteiger partial charge in [0.1, 0.15) is 6.33 Å². The standard InChI is InChI=1S/C10H17N5S/c1-3-15-7-13-14-9(15)5-12-10-11-4-8(2)6-16-10/h7-8H,3-6H2,1-2H3,(H,11,12). The number of aryl methyl sites for hydroxylation is 1. The van der Waals surface area contributed by atoms with Crippen molar-refractivity contribution >= 4 is 16.9 Å². The van der Waals surface area contributed by atoms with Crippen LogP contribution in [0.15, 0.2) is 11.3 Å². The lowest BCUT2D eigenvalue weighted by molar-refractivity contribution is 0.659. The maximum absolute atomic E-state index is 4.48. The highest BCUT2D eigenvalue weighted by Crippen LogP contribution is 2.15. The van der Waals surface area contributed by atoms with E-state index in [0.717, 1.165) is 29.8 Å². The Hall–Kier alpha value is -1.04. The lowest BCUT2D eigenvalue weighted by Crippen LogP contribution is -2.27. The van der Waals surface area contributed by atoms with Gasteiger partial charge in [0.25, 0.3) is 0 Å². The van der Waals surface area contributed by atoms with Crippen LogP contribution in [0, 0.1) is 5.92 Å². The summed E-state index contributed by atoms with van der Waals surface area (Å²) in [6.45, 7) is 6.84. The topological polar surface area (TPSA) is 55.1 Å². The minimum absolute atomic E-state index is 0.690. The molecule has 1 aromatic rings. The Labute approximate surface area is 99.7 Å². The average molecular weight is 239 g/mol. The van der Waals surface area contributed by atoms with E-state index in [1.807, 2.05) is 4.57 Å². The van der Waals surface area contributed by atoms with Crippen LogP contribution in [-0.2, 0) is 13.1 Å². The Morgan fingerprint density at radius 3 is 3.19 bits per heavy atom. The molecule has 1 aliphatic rings. The molecule has 16 heavy (non-hydrogen) atoms. The summed E-state index contributed by atoms with van der Waals surface area (Å²) < 4.78 is 2.03. The molecule has 0 spiro atoms. The molecule has 88 valence electrons. The van der Waals surface area contributed by atoms with Gasteiger partial charge in [-0.1, -0.05) is 18.7 Å². The lowest BCUT2D eigenvalue weighted by Gasteiger charge is -2.17. The molecule has 1 aliphatic heterocycles. The van der Waals surface area contributed by atoms with Gasteiger partial charge in [-0.2, -0.15) is 0 Å². The summed E-state index contributed by atoms with van der Waals surface area (Å²) in [4.78, 5) is 4.48. The summed E-state index contributed by atoms with van der Waals surface area (Å²) in [5.74, 6) is 2.80. The van der Waals surface area contributed by atoms with Crippen LogP contribution in [0.5, 0.6) is 0 Å². The highest BCUT2D eigenvalue weighted by molar-refractivity contribution is 8.13. The minimum atomic E-state index is 0.690. The molecule has 0 radical (unpaired) electrons. The molecular weight excluding hydrogens is 222 g/mol. The van der Waals surface area contributed by atoms with E-state index in [1.54, 1.807) is 18.1 Å². The zero-order valence-corrected chi connectivity index (χ0v) is 10.5. The van der Waals surface area contributed by atoms with E-state index < -0.39 is 0 Å². The SMILES string of the molecule is CCn1cnnc1CNC1=NCC(C)CS1. The fourth-order valence-corrected chi connectivity index (χ4v) is 2.39. The number of amidine groups is 1. The Balaban J connectivity index is 1.88. The summed E-state index contributed by atoms with van der Waals surface area (Å²) in [7, 11) is 0. The van der Waals surface area contributed by atoms with Crippen LogP contribution in [-0.4, -0.2) is 32.2 Å². The highest BCUT2D eigenvalue weighted by Gasteiger charge is 2.12. The number of hydrogen-bond donors (Lipinski definition) is 1. The van der Waals surface area contributed by atoms with E-state index in [4.69, 9.17) is 0 Å². The normalized spacial score (nSPS) is 20.6. The molecule has 0 amide bonds. The summed E-state index contributed by atoms with van der Waals surface area (Å²) in [5.41, 5.74) is 0. The second kappa shape index (κ2) is 5.34. The minimum Gasteiger partial charge on any atom is -0.358 e. The van der Waals surface area contributed by atoms with Crippen LogP contribution in [0.25, 0.3) is 0 Å². The van der Waals surface area contributed by atoms with Crippen LogP contribution >= 0.6 is 11.8 Å². The maximum atomic E-state index is 4.48. The number of nitrogens with zero attached hydrogens (tertiary/aromatic N) is 4. The number of aliphatic imine (C=N–C) groups is 1. The van der Waals surface area contributed by atoms with E-state index in [-0.39, 0.29) is 0 Å². The fourth-order valence-electron chi connectivity index (χ4n) is 1.50. The molecule has 2 heterocycles. The summed E-state index contributed by atoms with van der Waals surface area (Å²) in [6, 6.07) is 0. The Morgan fingerprint density at radius 1 is 1.62 bits per heavy atom. The molecule has 1 aromatic heterocycles. The van der Waals surface area contributed by atoms with Crippen molar-refractivity contribution in [3.8, 4) is 0 Å². The van der Waals surface area contributed by atoms with Gasteiger partial charge in [0, 0.05) is 18.8 Å². The monoisotopic (exact) mass is 239 g/mol. The van der Waals surface area contributed by atoms with Crippen molar-refractivity contribution in [1.82, 2.24) is 20.1 Å². The molecule has 5 nitrogen and oxygen atoms in total. The molecule has 0 saturated heterocycles. The molecule has 0 aliphatic carbocycles. The molecule has 0 bridgehead atoms. The van der Waals surface area contributed by atoms with Gasteiger partial charge in [0.05, 0.1) is 6.54 Å². The molecule has 1 atom stereocenters. The van der Waals surface area contributed by atoms with E-state index in [9.17, 15) is 0 Å². The van der Waals surface area contributed by atoms with Gasteiger partial charge in [-0.25, -0.2) is 0 Å². The smallest absolute Gasteiger partial charge is 0.156 e. The summed E-state index contributed by atoms with van der Waals surface area (Å²) >= 11 is 1.79. The molecule has 0 saturated carbocycles. The quantitative estimate of drug-likeness (QED) is 0.859. The highest BCUT2D eigenvalue weighted by atomic mass is 32.2. The van der Waals surface area contributed by atoms with Crippen LogP contribution in [0.3, 0.4) is 0 Å². The first kappa shape index (κ1) is 11.4. The summed E-state index contributed by atoms with van der Waals surface area (Å²) in [6.07, 6.45) is 1.76. The van der Waals surface area contributed by atoms with Crippen molar-refractivity contribution in [3.05, 3.63) is 12.2 Å². The Bertz CT molecular complexity index is 373. The average Bonchev–Trinajstić information content (AvgIpc) is 2.76. The Kier molecular flexibility index (Phi) is 3.82. The van der Waals surface area contributed by atoms with Crippen molar-refractivity contribution in [2.45, 2.75) is 26.9 Å². The van der Waals surface area contributed by atoms with Crippen molar-refractivity contribution < 1.29 is 0 Å². The zero-order valence-electron chi connectivity index (χ0n) is 9.68. The van der Waals surface area contributed by atoms with Crippen molar-refractivity contribution in [1.29, 1.82) is 0 Å². The molecule has 0 fully saturated rings. The van der Waals surface area contributed by atoms with Gasteiger partial charge in [0.15, 0.2) is 11.0 Å². The van der Waals surface area contributed by atoms with Gasteiger partial charge in [-0.3, -0.25) is 4.99 Å². The number of hydrogen-bond acceptors (Lipinski definition) is 5. The maximum Gasteiger partial charge on any atom is 0.156 e. The van der Waals surface area contributed by atoms with Crippen molar-refractivity contribution in [2.75, 3.05) is 12.3 Å². The van der Waals surface area contributed by atoms with Crippen LogP contribution < -0.4 is 5.32 Å². The van der Waals surface area contributed by atoms with E-state index in [0.29, 0.717) is 12.5 Å². The van der Waals surface area contributed by atoms with Crippen LogP contribution in [0.2, 0.25) is 0 Å². The van der Waals surface area contributed by atoms with Gasteiger partial charge < -0.3 is 9.88 Å². The number of aromatic nitrogens is 3. The van der Waals surface area contributed by atoms with E-state index in [2.05, 4.69) is 34.4 Å². The van der Waals surface area contributed by atoms with E-state index >= 15 is 0 Å². The van der Waals surface area contributed by atoms with E-state index in [1.165, 1.54) is 0 Å². The lowest BCUT2D eigenvalue weighted by atomic mass is 10.2. The first-order chi connectivity index (χ1) is 7.79. The molecule has 1 N–H and O–H groups in total.